The lowest BCUT2D eigenvalue weighted by atomic mass is 10.3. The van der Waals surface area contributed by atoms with Crippen LogP contribution in [0.3, 0.4) is 0 Å². The number of rotatable bonds is 4. The molecule has 0 aliphatic heterocycles. The fourth-order valence-electron chi connectivity index (χ4n) is 1.61. The van der Waals surface area contributed by atoms with Crippen molar-refractivity contribution in [1.82, 2.24) is 9.55 Å². The highest BCUT2D eigenvalue weighted by Gasteiger charge is 2.08. The number of aryl methyl sites for hydroxylation is 1. The number of aromatic nitrogens is 2. The minimum atomic E-state index is 0.192. The van der Waals surface area contributed by atoms with E-state index < -0.39 is 0 Å². The van der Waals surface area contributed by atoms with E-state index in [0.29, 0.717) is 5.75 Å². The molecule has 4 heteroatoms. The Balaban J connectivity index is 2.44. The molecule has 1 N–H and O–H groups in total. The van der Waals surface area contributed by atoms with Crippen molar-refractivity contribution in [1.29, 1.82) is 0 Å². The first-order valence-corrected chi connectivity index (χ1v) is 6.04. The first-order valence-electron chi connectivity index (χ1n) is 5.05. The number of nitrogens with zero attached hydrogens (tertiary/aromatic N) is 2. The molecule has 0 unspecified atom stereocenters. The van der Waals surface area contributed by atoms with Crippen LogP contribution in [0, 0.1) is 0 Å². The first-order chi connectivity index (χ1) is 7.36. The van der Waals surface area contributed by atoms with Crippen molar-refractivity contribution in [2.24, 2.45) is 0 Å². The van der Waals surface area contributed by atoms with E-state index >= 15 is 0 Å². The molecule has 0 atom stereocenters. The standard InChI is InChI=1S/C11H14N2OS/c1-2-13-10-6-4-3-5-9(10)12-11(13)15-8-7-14/h3-6,14H,2,7-8H2,1H3. The van der Waals surface area contributed by atoms with Gasteiger partial charge in [0.25, 0.3) is 0 Å². The maximum Gasteiger partial charge on any atom is 0.169 e. The maximum atomic E-state index is 8.81. The lowest BCUT2D eigenvalue weighted by Gasteiger charge is -2.03. The van der Waals surface area contributed by atoms with Crippen LogP contribution in [0.5, 0.6) is 0 Å². The molecule has 1 aromatic carbocycles. The van der Waals surface area contributed by atoms with E-state index in [2.05, 4.69) is 22.5 Å². The van der Waals surface area contributed by atoms with Gasteiger partial charge >= 0.3 is 0 Å². The smallest absolute Gasteiger partial charge is 0.169 e. The van der Waals surface area contributed by atoms with Crippen LogP contribution in [-0.2, 0) is 6.54 Å². The number of benzene rings is 1. The highest BCUT2D eigenvalue weighted by Crippen LogP contribution is 2.23. The third-order valence-corrected chi connectivity index (χ3v) is 3.21. The molecule has 0 saturated carbocycles. The molecular formula is C11H14N2OS. The predicted octanol–water partition coefficient (Wildman–Crippen LogP) is 2.14. The predicted molar refractivity (Wildman–Crippen MR) is 63.2 cm³/mol. The molecule has 0 aliphatic carbocycles. The summed E-state index contributed by atoms with van der Waals surface area (Å²) in [6.45, 7) is 3.21. The number of para-hydroxylation sites is 2. The van der Waals surface area contributed by atoms with Crippen LogP contribution >= 0.6 is 11.8 Å². The molecule has 2 aromatic rings. The van der Waals surface area contributed by atoms with E-state index in [4.69, 9.17) is 5.11 Å². The van der Waals surface area contributed by atoms with Crippen LogP contribution in [-0.4, -0.2) is 27.0 Å². The Morgan fingerprint density at radius 2 is 2.20 bits per heavy atom. The van der Waals surface area contributed by atoms with Gasteiger partial charge in [-0.05, 0) is 19.1 Å². The molecule has 3 nitrogen and oxygen atoms in total. The van der Waals surface area contributed by atoms with Crippen molar-refractivity contribution in [2.75, 3.05) is 12.4 Å². The van der Waals surface area contributed by atoms with Gasteiger partial charge in [-0.15, -0.1) is 0 Å². The number of aliphatic hydroxyl groups is 1. The zero-order chi connectivity index (χ0) is 10.7. The van der Waals surface area contributed by atoms with E-state index in [1.54, 1.807) is 11.8 Å². The van der Waals surface area contributed by atoms with Crippen LogP contribution < -0.4 is 0 Å². The number of hydrogen-bond acceptors (Lipinski definition) is 3. The van der Waals surface area contributed by atoms with Gasteiger partial charge in [0.05, 0.1) is 17.6 Å². The largest absolute Gasteiger partial charge is 0.396 e. The Labute approximate surface area is 93.1 Å². The molecule has 0 aliphatic rings. The van der Waals surface area contributed by atoms with Crippen molar-refractivity contribution in [3.63, 3.8) is 0 Å². The van der Waals surface area contributed by atoms with Gasteiger partial charge in [0.1, 0.15) is 0 Å². The molecule has 1 aromatic heterocycles. The summed E-state index contributed by atoms with van der Waals surface area (Å²) >= 11 is 1.60. The highest BCUT2D eigenvalue weighted by molar-refractivity contribution is 7.99. The molecule has 2 rings (SSSR count). The van der Waals surface area contributed by atoms with Gasteiger partial charge < -0.3 is 9.67 Å². The second kappa shape index (κ2) is 4.68. The van der Waals surface area contributed by atoms with Crippen molar-refractivity contribution in [3.8, 4) is 0 Å². The summed E-state index contributed by atoms with van der Waals surface area (Å²) in [5.41, 5.74) is 2.19. The second-order valence-corrected chi connectivity index (χ2v) is 4.26. The van der Waals surface area contributed by atoms with Crippen LogP contribution in [0.4, 0.5) is 0 Å². The van der Waals surface area contributed by atoms with E-state index in [9.17, 15) is 0 Å². The van der Waals surface area contributed by atoms with E-state index in [-0.39, 0.29) is 6.61 Å². The normalized spacial score (nSPS) is 11.1. The van der Waals surface area contributed by atoms with Crippen LogP contribution in [0.25, 0.3) is 11.0 Å². The molecule has 0 bridgehead atoms. The molecule has 15 heavy (non-hydrogen) atoms. The molecule has 0 saturated heterocycles. The monoisotopic (exact) mass is 222 g/mol. The average molecular weight is 222 g/mol. The Bertz CT molecular complexity index is 453. The van der Waals surface area contributed by atoms with Crippen LogP contribution in [0.2, 0.25) is 0 Å². The molecule has 1 heterocycles. The lowest BCUT2D eigenvalue weighted by molar-refractivity contribution is 0.322. The summed E-state index contributed by atoms with van der Waals surface area (Å²) in [6, 6.07) is 8.12. The van der Waals surface area contributed by atoms with Crippen molar-refractivity contribution in [2.45, 2.75) is 18.6 Å². The molecule has 0 spiro atoms. The third-order valence-electron chi connectivity index (χ3n) is 2.26. The van der Waals surface area contributed by atoms with Gasteiger partial charge in [-0.2, -0.15) is 0 Å². The quantitative estimate of drug-likeness (QED) is 0.805. The summed E-state index contributed by atoms with van der Waals surface area (Å²) in [4.78, 5) is 4.54. The number of aliphatic hydroxyl groups excluding tert-OH is 1. The molecule has 80 valence electrons. The third kappa shape index (κ3) is 2.01. The Kier molecular flexibility index (Phi) is 3.28. The van der Waals surface area contributed by atoms with Gasteiger partial charge in [0, 0.05) is 12.3 Å². The number of thioether (sulfide) groups is 1. The summed E-state index contributed by atoms with van der Waals surface area (Å²) in [5.74, 6) is 0.698. The topological polar surface area (TPSA) is 38.0 Å². The number of hydrogen-bond donors (Lipinski definition) is 1. The van der Waals surface area contributed by atoms with Crippen molar-refractivity contribution >= 4 is 22.8 Å². The summed E-state index contributed by atoms with van der Waals surface area (Å²) in [5, 5.41) is 9.80. The van der Waals surface area contributed by atoms with Crippen molar-refractivity contribution < 1.29 is 5.11 Å². The maximum absolute atomic E-state index is 8.81. The summed E-state index contributed by atoms with van der Waals surface area (Å²) < 4.78 is 2.18. The van der Waals surface area contributed by atoms with Gasteiger partial charge in [-0.25, -0.2) is 4.98 Å². The highest BCUT2D eigenvalue weighted by atomic mass is 32.2. The van der Waals surface area contributed by atoms with Gasteiger partial charge in [-0.3, -0.25) is 0 Å². The van der Waals surface area contributed by atoms with Crippen LogP contribution in [0.15, 0.2) is 29.4 Å². The minimum absolute atomic E-state index is 0.192. The summed E-state index contributed by atoms with van der Waals surface area (Å²) in [7, 11) is 0. The Morgan fingerprint density at radius 3 is 2.93 bits per heavy atom. The first kappa shape index (κ1) is 10.5. The molecular weight excluding hydrogens is 208 g/mol. The van der Waals surface area contributed by atoms with Gasteiger partial charge in [0.15, 0.2) is 5.16 Å². The fourth-order valence-corrected chi connectivity index (χ4v) is 2.43. The van der Waals surface area contributed by atoms with Crippen LogP contribution in [0.1, 0.15) is 6.92 Å². The average Bonchev–Trinajstić information content (AvgIpc) is 2.63. The molecule has 0 amide bonds. The molecule has 0 fully saturated rings. The zero-order valence-electron chi connectivity index (χ0n) is 8.68. The lowest BCUT2D eigenvalue weighted by Crippen LogP contribution is -1.97. The SMILES string of the molecule is CCn1c(SCCO)nc2ccccc21. The van der Waals surface area contributed by atoms with E-state index in [1.165, 1.54) is 5.52 Å². The fraction of sp³-hybridized carbons (Fsp3) is 0.364. The van der Waals surface area contributed by atoms with E-state index in [1.807, 2.05) is 18.2 Å². The number of imidazole rings is 1. The van der Waals surface area contributed by atoms with Gasteiger partial charge in [-0.1, -0.05) is 23.9 Å². The van der Waals surface area contributed by atoms with E-state index in [0.717, 1.165) is 17.2 Å². The summed E-state index contributed by atoms with van der Waals surface area (Å²) in [6.07, 6.45) is 0. The zero-order valence-corrected chi connectivity index (χ0v) is 9.50. The second-order valence-electron chi connectivity index (χ2n) is 3.20. The Hall–Kier alpha value is -1.00. The number of fused-ring (bicyclic) bond motifs is 1. The Morgan fingerprint density at radius 1 is 1.40 bits per heavy atom. The minimum Gasteiger partial charge on any atom is -0.396 e. The molecule has 0 radical (unpaired) electrons. The van der Waals surface area contributed by atoms with Gasteiger partial charge in [0.2, 0.25) is 0 Å². The van der Waals surface area contributed by atoms with Crippen molar-refractivity contribution in [3.05, 3.63) is 24.3 Å².